The molecule has 6 nitrogen and oxygen atoms in total. The molecule has 0 aromatic carbocycles. The Labute approximate surface area is 130 Å². The van der Waals surface area contributed by atoms with E-state index in [0.717, 1.165) is 49.6 Å². The van der Waals surface area contributed by atoms with Crippen molar-refractivity contribution in [3.8, 4) is 0 Å². The summed E-state index contributed by atoms with van der Waals surface area (Å²) in [4.78, 5) is 25.5. The molecule has 118 valence electrons. The molecule has 22 heavy (non-hydrogen) atoms. The van der Waals surface area contributed by atoms with Crippen molar-refractivity contribution in [2.45, 2.75) is 31.3 Å². The minimum Gasteiger partial charge on any atom is -0.376 e. The van der Waals surface area contributed by atoms with E-state index in [4.69, 9.17) is 9.72 Å². The van der Waals surface area contributed by atoms with E-state index in [9.17, 15) is 4.79 Å². The first-order valence-corrected chi connectivity index (χ1v) is 7.99. The van der Waals surface area contributed by atoms with Crippen molar-refractivity contribution in [3.63, 3.8) is 0 Å². The van der Waals surface area contributed by atoms with Crippen LogP contribution in [-0.4, -0.2) is 54.6 Å². The maximum Gasteiger partial charge on any atom is 0.225 e. The molecule has 1 atom stereocenters. The lowest BCUT2D eigenvalue weighted by atomic mass is 9.80. The monoisotopic (exact) mass is 302 g/mol. The van der Waals surface area contributed by atoms with E-state index in [0.29, 0.717) is 19.1 Å². The van der Waals surface area contributed by atoms with Crippen molar-refractivity contribution in [1.82, 2.24) is 14.9 Å². The van der Waals surface area contributed by atoms with Crippen LogP contribution in [0.15, 0.2) is 6.20 Å². The second-order valence-corrected chi connectivity index (χ2v) is 7.00. The summed E-state index contributed by atoms with van der Waals surface area (Å²) in [5, 5.41) is 0. The summed E-state index contributed by atoms with van der Waals surface area (Å²) in [6, 6.07) is 0. The second kappa shape index (κ2) is 4.91. The average Bonchev–Trinajstić information content (AvgIpc) is 3.28. The summed E-state index contributed by atoms with van der Waals surface area (Å²) in [5.74, 6) is 1.33. The van der Waals surface area contributed by atoms with Gasteiger partial charge in [0.25, 0.3) is 0 Å². The van der Waals surface area contributed by atoms with Crippen molar-refractivity contribution < 1.29 is 9.53 Å². The highest BCUT2D eigenvalue weighted by molar-refractivity contribution is 5.81. The highest BCUT2D eigenvalue weighted by Gasteiger charge is 2.48. The Morgan fingerprint density at radius 1 is 1.45 bits per heavy atom. The van der Waals surface area contributed by atoms with Gasteiger partial charge in [0.05, 0.1) is 24.3 Å². The summed E-state index contributed by atoms with van der Waals surface area (Å²) < 4.78 is 5.81. The Kier molecular flexibility index (Phi) is 3.11. The molecule has 3 heterocycles. The summed E-state index contributed by atoms with van der Waals surface area (Å²) in [6.45, 7) is 2.78. The van der Waals surface area contributed by atoms with Crippen LogP contribution in [0, 0.1) is 5.92 Å². The van der Waals surface area contributed by atoms with E-state index < -0.39 is 0 Å². The fourth-order valence-corrected chi connectivity index (χ4v) is 3.56. The van der Waals surface area contributed by atoms with Crippen molar-refractivity contribution in [2.24, 2.45) is 5.92 Å². The number of hydrogen-bond acceptors (Lipinski definition) is 5. The number of carbonyl (C=O) groups excluding carboxylic acids is 1. The molecule has 0 bridgehead atoms. The zero-order valence-electron chi connectivity index (χ0n) is 13.2. The molecule has 0 radical (unpaired) electrons. The number of rotatable bonds is 2. The Bertz CT molecular complexity index is 614. The number of fused-ring (bicyclic) bond motifs is 2. The van der Waals surface area contributed by atoms with E-state index in [2.05, 4.69) is 4.98 Å². The highest BCUT2D eigenvalue weighted by Crippen LogP contribution is 2.41. The van der Waals surface area contributed by atoms with E-state index in [1.165, 1.54) is 0 Å². The Balaban J connectivity index is 1.66. The molecule has 1 amide bonds. The summed E-state index contributed by atoms with van der Waals surface area (Å²) in [7, 11) is 3.90. The molecule has 0 unspecified atom stereocenters. The molecule has 0 N–H and O–H groups in total. The lowest BCUT2D eigenvalue weighted by molar-refractivity contribution is -0.131. The second-order valence-electron chi connectivity index (χ2n) is 7.00. The van der Waals surface area contributed by atoms with Crippen LogP contribution in [0.5, 0.6) is 0 Å². The third-order valence-corrected chi connectivity index (χ3v) is 4.98. The van der Waals surface area contributed by atoms with Crippen LogP contribution in [0.1, 0.15) is 30.5 Å². The molecule has 2 aliphatic heterocycles. The molecule has 4 rings (SSSR count). The van der Waals surface area contributed by atoms with E-state index in [1.807, 2.05) is 30.1 Å². The van der Waals surface area contributed by atoms with Crippen molar-refractivity contribution in [2.75, 3.05) is 38.7 Å². The van der Waals surface area contributed by atoms with E-state index >= 15 is 0 Å². The van der Waals surface area contributed by atoms with Gasteiger partial charge in [0.1, 0.15) is 0 Å². The van der Waals surface area contributed by atoms with Crippen LogP contribution in [0.2, 0.25) is 0 Å². The van der Waals surface area contributed by atoms with E-state index in [-0.39, 0.29) is 11.3 Å². The molecule has 1 aromatic rings. The summed E-state index contributed by atoms with van der Waals surface area (Å²) >= 11 is 0. The minimum absolute atomic E-state index is 0.147. The first-order valence-electron chi connectivity index (χ1n) is 7.99. The van der Waals surface area contributed by atoms with Crippen LogP contribution in [0.3, 0.4) is 0 Å². The number of hydrogen-bond donors (Lipinski definition) is 0. The largest absolute Gasteiger partial charge is 0.376 e. The number of likely N-dealkylation sites (tertiary alicyclic amines) is 1. The maximum atomic E-state index is 12.4. The predicted octanol–water partition coefficient (Wildman–Crippen LogP) is 0.953. The van der Waals surface area contributed by atoms with Gasteiger partial charge in [0.2, 0.25) is 11.9 Å². The average molecular weight is 302 g/mol. The molecule has 1 aromatic heterocycles. The Morgan fingerprint density at radius 3 is 3.00 bits per heavy atom. The minimum atomic E-state index is -0.147. The predicted molar refractivity (Wildman–Crippen MR) is 81.6 cm³/mol. The number of amides is 1. The number of aromatic nitrogens is 2. The van der Waals surface area contributed by atoms with Gasteiger partial charge in [-0.15, -0.1) is 0 Å². The van der Waals surface area contributed by atoms with Crippen molar-refractivity contribution >= 4 is 11.9 Å². The molecular formula is C16H22N4O2. The number of nitrogens with zero attached hydrogens (tertiary/aromatic N) is 4. The van der Waals surface area contributed by atoms with Crippen molar-refractivity contribution in [3.05, 3.63) is 17.5 Å². The van der Waals surface area contributed by atoms with Crippen LogP contribution >= 0.6 is 0 Å². The topological polar surface area (TPSA) is 58.6 Å². The number of ether oxygens (including phenoxy) is 1. The molecule has 1 spiro atoms. The standard InChI is InChI=1S/C16H22N4O2/c1-19(2)15-17-7-12-8-22-10-16(13(12)18-15)5-6-20(9-16)14(21)11-3-4-11/h7,11H,3-6,8-10H2,1-2H3/t16-/m0/s1. The Morgan fingerprint density at radius 2 is 2.27 bits per heavy atom. The molecule has 1 saturated heterocycles. The lowest BCUT2D eigenvalue weighted by Crippen LogP contribution is -2.42. The Hall–Kier alpha value is -1.69. The zero-order chi connectivity index (χ0) is 15.3. The van der Waals surface area contributed by atoms with Gasteiger partial charge in [-0.3, -0.25) is 4.79 Å². The molecule has 6 heteroatoms. The van der Waals surface area contributed by atoms with Gasteiger partial charge in [-0.1, -0.05) is 0 Å². The van der Waals surface area contributed by atoms with Gasteiger partial charge < -0.3 is 14.5 Å². The number of carbonyl (C=O) groups is 1. The maximum absolute atomic E-state index is 12.4. The van der Waals surface area contributed by atoms with Crippen molar-refractivity contribution in [1.29, 1.82) is 0 Å². The van der Waals surface area contributed by atoms with Crippen LogP contribution in [-0.2, 0) is 21.6 Å². The third kappa shape index (κ3) is 2.17. The van der Waals surface area contributed by atoms with Gasteiger partial charge in [0.15, 0.2) is 0 Å². The molecular weight excluding hydrogens is 280 g/mol. The summed E-state index contributed by atoms with van der Waals surface area (Å²) in [5.41, 5.74) is 2.01. The first kappa shape index (κ1) is 13.9. The quantitative estimate of drug-likeness (QED) is 0.814. The van der Waals surface area contributed by atoms with Gasteiger partial charge in [-0.25, -0.2) is 9.97 Å². The molecule has 2 fully saturated rings. The lowest BCUT2D eigenvalue weighted by Gasteiger charge is -2.34. The normalized spacial score (nSPS) is 27.1. The summed E-state index contributed by atoms with van der Waals surface area (Å²) in [6.07, 6.45) is 4.93. The van der Waals surface area contributed by atoms with E-state index in [1.54, 1.807) is 0 Å². The highest BCUT2D eigenvalue weighted by atomic mass is 16.5. The molecule has 3 aliphatic rings. The van der Waals surface area contributed by atoms with Gasteiger partial charge in [-0.2, -0.15) is 0 Å². The van der Waals surface area contributed by atoms with Crippen LogP contribution in [0.4, 0.5) is 5.95 Å². The molecule has 1 saturated carbocycles. The van der Waals surface area contributed by atoms with Gasteiger partial charge in [-0.05, 0) is 19.3 Å². The van der Waals surface area contributed by atoms with Gasteiger partial charge >= 0.3 is 0 Å². The fourth-order valence-electron chi connectivity index (χ4n) is 3.56. The number of anilines is 1. The first-order chi connectivity index (χ1) is 10.6. The van der Waals surface area contributed by atoms with Crippen LogP contribution < -0.4 is 4.90 Å². The smallest absolute Gasteiger partial charge is 0.225 e. The SMILES string of the molecule is CN(C)c1ncc2c(n1)[C@]1(CCN(C(=O)C3CC3)C1)COC2. The zero-order valence-corrected chi connectivity index (χ0v) is 13.2. The molecule has 1 aliphatic carbocycles. The third-order valence-electron chi connectivity index (χ3n) is 4.98. The van der Waals surface area contributed by atoms with Gasteiger partial charge in [0, 0.05) is 44.9 Å². The van der Waals surface area contributed by atoms with Crippen LogP contribution in [0.25, 0.3) is 0 Å². The fraction of sp³-hybridized carbons (Fsp3) is 0.688.